The number of halogens is 1. The number of ether oxygens (including phenoxy) is 1. The maximum Gasteiger partial charge on any atom is 0.404 e. The average molecular weight is 197 g/mol. The molecule has 3 N–H and O–H groups in total. The maximum absolute atomic E-state index is 10.1. The highest BCUT2D eigenvalue weighted by Gasteiger charge is 2.12. The predicted octanol–water partition coefficient (Wildman–Crippen LogP) is -0.336. The summed E-state index contributed by atoms with van der Waals surface area (Å²) >= 11 is 0. The van der Waals surface area contributed by atoms with Gasteiger partial charge in [-0.3, -0.25) is 0 Å². The molecule has 0 aromatic heterocycles. The van der Waals surface area contributed by atoms with E-state index < -0.39 is 6.09 Å². The van der Waals surface area contributed by atoms with Gasteiger partial charge in [0.05, 0.1) is 13.2 Å². The Hall–Kier alpha value is -0.520. The zero-order chi connectivity index (χ0) is 8.10. The van der Waals surface area contributed by atoms with Crippen LogP contribution in [0, 0.1) is 0 Å². The third-order valence-electron chi connectivity index (χ3n) is 1.50. The van der Waals surface area contributed by atoms with Crippen LogP contribution >= 0.6 is 12.4 Å². The molecule has 12 heavy (non-hydrogen) atoms. The Labute approximate surface area is 76.9 Å². The molecule has 0 radical (unpaired) electrons. The average Bonchev–Trinajstić information content (AvgIpc) is 2.03. The van der Waals surface area contributed by atoms with E-state index in [1.165, 1.54) is 0 Å². The predicted molar refractivity (Wildman–Crippen MR) is 45.9 cm³/mol. The van der Waals surface area contributed by atoms with E-state index in [1.807, 2.05) is 0 Å². The van der Waals surface area contributed by atoms with Crippen molar-refractivity contribution in [2.75, 3.05) is 26.3 Å². The van der Waals surface area contributed by atoms with Gasteiger partial charge in [0.25, 0.3) is 0 Å². The number of carbonyl (C=O) groups is 1. The Bertz CT molecular complexity index is 139. The van der Waals surface area contributed by atoms with E-state index in [2.05, 4.69) is 10.6 Å². The van der Waals surface area contributed by atoms with Crippen molar-refractivity contribution in [3.8, 4) is 0 Å². The summed E-state index contributed by atoms with van der Waals surface area (Å²) in [6.45, 7) is 2.51. The lowest BCUT2D eigenvalue weighted by atomic mass is 10.3. The molecule has 1 atom stereocenters. The summed E-state index contributed by atoms with van der Waals surface area (Å²) in [5.74, 6) is 0. The Kier molecular flexibility index (Phi) is 5.79. The van der Waals surface area contributed by atoms with Crippen molar-refractivity contribution in [2.24, 2.45) is 0 Å². The fourth-order valence-corrected chi connectivity index (χ4v) is 0.961. The third-order valence-corrected chi connectivity index (χ3v) is 1.50. The van der Waals surface area contributed by atoms with E-state index in [9.17, 15) is 4.79 Å². The number of rotatable bonds is 2. The van der Waals surface area contributed by atoms with Crippen LogP contribution < -0.4 is 10.6 Å². The van der Waals surface area contributed by atoms with Crippen molar-refractivity contribution in [2.45, 2.75) is 6.04 Å². The van der Waals surface area contributed by atoms with Gasteiger partial charge in [-0.25, -0.2) is 4.79 Å². The summed E-state index contributed by atoms with van der Waals surface area (Å²) in [4.78, 5) is 10.1. The van der Waals surface area contributed by atoms with Gasteiger partial charge < -0.3 is 20.5 Å². The molecule has 1 rings (SSSR count). The minimum Gasteiger partial charge on any atom is -0.465 e. The number of amides is 1. The largest absolute Gasteiger partial charge is 0.465 e. The quantitative estimate of drug-likeness (QED) is 0.566. The van der Waals surface area contributed by atoms with Crippen molar-refractivity contribution in [3.05, 3.63) is 0 Å². The summed E-state index contributed by atoms with van der Waals surface area (Å²) in [7, 11) is 0. The molecule has 72 valence electrons. The topological polar surface area (TPSA) is 70.6 Å². The Morgan fingerprint density at radius 3 is 3.00 bits per heavy atom. The van der Waals surface area contributed by atoms with Crippen LogP contribution in [-0.4, -0.2) is 43.5 Å². The van der Waals surface area contributed by atoms with Gasteiger partial charge >= 0.3 is 6.09 Å². The fraction of sp³-hybridized carbons (Fsp3) is 0.833. The van der Waals surface area contributed by atoms with E-state index in [0.717, 1.165) is 6.54 Å². The molecule has 1 heterocycles. The minimum atomic E-state index is -0.989. The fourth-order valence-electron chi connectivity index (χ4n) is 0.961. The maximum atomic E-state index is 10.1. The molecular weight excluding hydrogens is 184 g/mol. The lowest BCUT2D eigenvalue weighted by Gasteiger charge is -2.23. The van der Waals surface area contributed by atoms with Gasteiger partial charge in [-0.05, 0) is 0 Å². The molecule has 5 nitrogen and oxygen atoms in total. The lowest BCUT2D eigenvalue weighted by Crippen LogP contribution is -2.48. The second-order valence-electron chi connectivity index (χ2n) is 2.41. The van der Waals surface area contributed by atoms with Crippen LogP contribution in [0.2, 0.25) is 0 Å². The van der Waals surface area contributed by atoms with Crippen LogP contribution in [0.3, 0.4) is 0 Å². The second-order valence-corrected chi connectivity index (χ2v) is 2.41. The first-order chi connectivity index (χ1) is 5.29. The molecule has 0 saturated carbocycles. The first kappa shape index (κ1) is 11.5. The van der Waals surface area contributed by atoms with Gasteiger partial charge in [0.2, 0.25) is 0 Å². The minimum absolute atomic E-state index is 0. The first-order valence-corrected chi connectivity index (χ1v) is 3.57. The van der Waals surface area contributed by atoms with Crippen LogP contribution in [-0.2, 0) is 4.74 Å². The van der Waals surface area contributed by atoms with Crippen LogP contribution in [0.25, 0.3) is 0 Å². The zero-order valence-corrected chi connectivity index (χ0v) is 7.39. The molecule has 1 saturated heterocycles. The molecule has 0 aliphatic carbocycles. The Balaban J connectivity index is 0.00000121. The summed E-state index contributed by atoms with van der Waals surface area (Å²) in [5.41, 5.74) is 0. The molecular formula is C6H13ClN2O3. The summed E-state index contributed by atoms with van der Waals surface area (Å²) in [5, 5.41) is 13.7. The molecule has 1 aliphatic rings. The Morgan fingerprint density at radius 2 is 2.50 bits per heavy atom. The van der Waals surface area contributed by atoms with Crippen LogP contribution in [0.1, 0.15) is 0 Å². The van der Waals surface area contributed by atoms with Gasteiger partial charge in [-0.2, -0.15) is 0 Å². The number of nitrogens with one attached hydrogen (secondary N) is 2. The molecule has 6 heteroatoms. The number of morpholine rings is 1. The van der Waals surface area contributed by atoms with Crippen molar-refractivity contribution >= 4 is 18.5 Å². The third kappa shape index (κ3) is 4.38. The zero-order valence-electron chi connectivity index (χ0n) is 6.58. The lowest BCUT2D eigenvalue weighted by molar-refractivity contribution is 0.0765. The number of hydrogen-bond acceptors (Lipinski definition) is 3. The highest BCUT2D eigenvalue weighted by Crippen LogP contribution is 1.90. The highest BCUT2D eigenvalue weighted by molar-refractivity contribution is 5.85. The van der Waals surface area contributed by atoms with E-state index in [0.29, 0.717) is 19.8 Å². The van der Waals surface area contributed by atoms with E-state index in [-0.39, 0.29) is 18.4 Å². The highest BCUT2D eigenvalue weighted by atomic mass is 35.5. The van der Waals surface area contributed by atoms with Crippen molar-refractivity contribution in [1.82, 2.24) is 10.6 Å². The van der Waals surface area contributed by atoms with Crippen molar-refractivity contribution < 1.29 is 14.6 Å². The molecule has 1 aliphatic heterocycles. The van der Waals surface area contributed by atoms with Crippen molar-refractivity contribution in [1.29, 1.82) is 0 Å². The molecule has 1 amide bonds. The van der Waals surface area contributed by atoms with Gasteiger partial charge in [0.1, 0.15) is 0 Å². The smallest absolute Gasteiger partial charge is 0.404 e. The van der Waals surface area contributed by atoms with E-state index >= 15 is 0 Å². The molecule has 1 unspecified atom stereocenters. The van der Waals surface area contributed by atoms with Crippen LogP contribution in [0.5, 0.6) is 0 Å². The molecule has 0 bridgehead atoms. The molecule has 0 aromatic carbocycles. The van der Waals surface area contributed by atoms with Gasteiger partial charge in [0, 0.05) is 19.1 Å². The molecule has 1 fully saturated rings. The van der Waals surface area contributed by atoms with Gasteiger partial charge in [-0.1, -0.05) is 0 Å². The second kappa shape index (κ2) is 6.05. The SMILES string of the molecule is Cl.O=C(O)NCC1COCCN1. The summed E-state index contributed by atoms with van der Waals surface area (Å²) in [6.07, 6.45) is -0.989. The standard InChI is InChI=1S/C6H12N2O3.ClH/c9-6(10)8-3-5-4-11-2-1-7-5;/h5,7-8H,1-4H2,(H,9,10);1H. The molecule has 0 spiro atoms. The molecule has 0 aromatic rings. The summed E-state index contributed by atoms with van der Waals surface area (Å²) < 4.78 is 5.12. The number of hydrogen-bond donors (Lipinski definition) is 3. The number of carboxylic acid groups (broad SMARTS) is 1. The van der Waals surface area contributed by atoms with Crippen LogP contribution in [0.4, 0.5) is 4.79 Å². The van der Waals surface area contributed by atoms with Gasteiger partial charge in [0.15, 0.2) is 0 Å². The van der Waals surface area contributed by atoms with E-state index in [1.54, 1.807) is 0 Å². The Morgan fingerprint density at radius 1 is 1.75 bits per heavy atom. The normalized spacial score (nSPS) is 22.5. The van der Waals surface area contributed by atoms with E-state index in [4.69, 9.17) is 9.84 Å². The van der Waals surface area contributed by atoms with Gasteiger partial charge in [-0.15, -0.1) is 12.4 Å². The first-order valence-electron chi connectivity index (χ1n) is 3.57. The van der Waals surface area contributed by atoms with Crippen molar-refractivity contribution in [3.63, 3.8) is 0 Å². The summed E-state index contributed by atoms with van der Waals surface area (Å²) in [6, 6.07) is 0.125. The monoisotopic (exact) mass is 196 g/mol. The van der Waals surface area contributed by atoms with Crippen LogP contribution in [0.15, 0.2) is 0 Å².